The van der Waals surface area contributed by atoms with Gasteiger partial charge in [-0.15, -0.1) is 0 Å². The summed E-state index contributed by atoms with van der Waals surface area (Å²) in [6, 6.07) is 6.85. The highest BCUT2D eigenvalue weighted by atomic mass is 32.2. The molecular weight excluding hydrogens is 365 g/mol. The van der Waals surface area contributed by atoms with Gasteiger partial charge in [0.2, 0.25) is 0 Å². The molecule has 2 aromatic carbocycles. The first-order valence-electron chi connectivity index (χ1n) is 7.88. The molecule has 0 aromatic heterocycles. The average Bonchev–Trinajstić information content (AvgIpc) is 2.50. The lowest BCUT2D eigenvalue weighted by Gasteiger charge is -2.19. The number of benzene rings is 2. The second-order valence-corrected chi connectivity index (χ2v) is 9.76. The lowest BCUT2D eigenvalue weighted by Crippen LogP contribution is -2.29. The van der Waals surface area contributed by atoms with Crippen LogP contribution in [0.3, 0.4) is 0 Å². The Kier molecular flexibility index (Phi) is 5.61. The van der Waals surface area contributed by atoms with Crippen LogP contribution < -0.4 is 0 Å². The minimum Gasteiger partial charge on any atom is -0.294 e. The van der Waals surface area contributed by atoms with Crippen molar-refractivity contribution in [3.63, 3.8) is 0 Å². The van der Waals surface area contributed by atoms with Crippen LogP contribution in [0.15, 0.2) is 36.4 Å². The van der Waals surface area contributed by atoms with Gasteiger partial charge in [-0.3, -0.25) is 4.79 Å². The van der Waals surface area contributed by atoms with Gasteiger partial charge in [0.15, 0.2) is 15.6 Å². The van der Waals surface area contributed by atoms with Gasteiger partial charge in [-0.05, 0) is 26.3 Å². The standard InChI is InChI=1S/C19H19F3O3S/c1-19(2,3)26(24,25)11-12-4-6-13(7-5-12)18(23)10-15-16(21)8-14(20)9-17(15)22/h4-9H,10-11H2,1-3H3. The van der Waals surface area contributed by atoms with Gasteiger partial charge in [-0.2, -0.15) is 0 Å². The number of sulfone groups is 1. The quantitative estimate of drug-likeness (QED) is 0.725. The molecule has 0 saturated carbocycles. The molecule has 0 N–H and O–H groups in total. The second-order valence-electron chi connectivity index (χ2n) is 7.02. The average molecular weight is 384 g/mol. The zero-order chi connectivity index (χ0) is 19.7. The highest BCUT2D eigenvalue weighted by molar-refractivity contribution is 7.91. The van der Waals surface area contributed by atoms with Gasteiger partial charge >= 0.3 is 0 Å². The molecule has 26 heavy (non-hydrogen) atoms. The monoisotopic (exact) mass is 384 g/mol. The minimum atomic E-state index is -3.37. The van der Waals surface area contributed by atoms with E-state index in [1.165, 1.54) is 24.3 Å². The number of rotatable bonds is 5. The normalized spacial score (nSPS) is 12.2. The fraction of sp³-hybridized carbons (Fsp3) is 0.316. The van der Waals surface area contributed by atoms with Crippen LogP contribution in [0.25, 0.3) is 0 Å². The molecule has 0 fully saturated rings. The van der Waals surface area contributed by atoms with Crippen molar-refractivity contribution in [1.82, 2.24) is 0 Å². The summed E-state index contributed by atoms with van der Waals surface area (Å²) in [6.07, 6.45) is -0.558. The number of hydrogen-bond acceptors (Lipinski definition) is 3. The molecule has 140 valence electrons. The number of halogens is 3. The topological polar surface area (TPSA) is 51.2 Å². The Morgan fingerprint density at radius 1 is 0.962 bits per heavy atom. The first-order valence-corrected chi connectivity index (χ1v) is 9.54. The third-order valence-electron chi connectivity index (χ3n) is 4.01. The van der Waals surface area contributed by atoms with Crippen molar-refractivity contribution in [1.29, 1.82) is 0 Å². The fourth-order valence-electron chi connectivity index (χ4n) is 2.23. The Bertz CT molecular complexity index is 904. The number of carbonyl (C=O) groups is 1. The van der Waals surface area contributed by atoms with Crippen LogP contribution in [0, 0.1) is 17.5 Å². The molecule has 0 bridgehead atoms. The summed E-state index contributed by atoms with van der Waals surface area (Å²) in [5.74, 6) is -4.03. The molecular formula is C19H19F3O3S. The molecule has 0 aliphatic rings. The highest BCUT2D eigenvalue weighted by Gasteiger charge is 2.29. The van der Waals surface area contributed by atoms with Crippen LogP contribution in [0.2, 0.25) is 0 Å². The summed E-state index contributed by atoms with van der Waals surface area (Å²) >= 11 is 0. The van der Waals surface area contributed by atoms with E-state index in [-0.39, 0.29) is 11.3 Å². The minimum absolute atomic E-state index is 0.174. The van der Waals surface area contributed by atoms with E-state index in [2.05, 4.69) is 0 Å². The van der Waals surface area contributed by atoms with Crippen molar-refractivity contribution >= 4 is 15.6 Å². The molecule has 0 atom stereocenters. The Morgan fingerprint density at radius 3 is 1.92 bits per heavy atom. The lowest BCUT2D eigenvalue weighted by molar-refractivity contribution is 0.0990. The molecule has 7 heteroatoms. The number of ketones is 1. The van der Waals surface area contributed by atoms with Crippen LogP contribution in [-0.4, -0.2) is 18.9 Å². The third kappa shape index (κ3) is 4.52. The van der Waals surface area contributed by atoms with Crippen LogP contribution in [-0.2, 0) is 22.0 Å². The number of carbonyl (C=O) groups excluding carboxylic acids is 1. The van der Waals surface area contributed by atoms with Gasteiger partial charge in [-0.25, -0.2) is 21.6 Å². The lowest BCUT2D eigenvalue weighted by atomic mass is 10.0. The van der Waals surface area contributed by atoms with Gasteiger partial charge in [0, 0.05) is 29.7 Å². The molecule has 0 radical (unpaired) electrons. The summed E-state index contributed by atoms with van der Waals surface area (Å²) < 4.78 is 63.7. The number of Topliss-reactive ketones (excluding diaryl/α,β-unsaturated/α-hetero) is 1. The zero-order valence-electron chi connectivity index (χ0n) is 14.6. The summed E-state index contributed by atoms with van der Waals surface area (Å²) in [7, 11) is -3.37. The molecule has 0 aliphatic carbocycles. The molecule has 3 nitrogen and oxygen atoms in total. The van der Waals surface area contributed by atoms with Crippen LogP contribution >= 0.6 is 0 Å². The van der Waals surface area contributed by atoms with Gasteiger partial charge in [0.05, 0.1) is 10.5 Å². The van der Waals surface area contributed by atoms with Gasteiger partial charge in [0.1, 0.15) is 17.5 Å². The Hall–Kier alpha value is -2.15. The van der Waals surface area contributed by atoms with Crippen molar-refractivity contribution < 1.29 is 26.4 Å². The molecule has 0 spiro atoms. The first-order chi connectivity index (χ1) is 11.9. The van der Waals surface area contributed by atoms with E-state index in [1.807, 2.05) is 0 Å². The van der Waals surface area contributed by atoms with E-state index >= 15 is 0 Å². The van der Waals surface area contributed by atoms with E-state index in [9.17, 15) is 26.4 Å². The van der Waals surface area contributed by atoms with Crippen molar-refractivity contribution in [3.8, 4) is 0 Å². The molecule has 0 aliphatic heterocycles. The predicted octanol–water partition coefficient (Wildman–Crippen LogP) is 4.24. The maximum Gasteiger partial charge on any atom is 0.167 e. The molecule has 2 aromatic rings. The largest absolute Gasteiger partial charge is 0.294 e. The van der Waals surface area contributed by atoms with Crippen LogP contribution in [0.1, 0.15) is 42.3 Å². The first kappa shape index (κ1) is 20.2. The van der Waals surface area contributed by atoms with Crippen molar-refractivity contribution in [2.75, 3.05) is 0 Å². The Balaban J connectivity index is 2.18. The highest BCUT2D eigenvalue weighted by Crippen LogP contribution is 2.22. The maximum atomic E-state index is 13.7. The summed E-state index contributed by atoms with van der Waals surface area (Å²) in [6.45, 7) is 4.81. The Labute approximate surface area is 150 Å². The van der Waals surface area contributed by atoms with E-state index in [0.29, 0.717) is 17.7 Å². The van der Waals surface area contributed by atoms with Crippen molar-refractivity contribution in [2.45, 2.75) is 37.7 Å². The van der Waals surface area contributed by atoms with Gasteiger partial charge < -0.3 is 0 Å². The summed E-state index contributed by atoms with van der Waals surface area (Å²) in [5, 5.41) is 0. The molecule has 2 rings (SSSR count). The van der Waals surface area contributed by atoms with Crippen molar-refractivity contribution in [2.24, 2.45) is 0 Å². The zero-order valence-corrected chi connectivity index (χ0v) is 15.5. The second kappa shape index (κ2) is 7.23. The third-order valence-corrected chi connectivity index (χ3v) is 6.59. The van der Waals surface area contributed by atoms with E-state index in [0.717, 1.165) is 0 Å². The molecule has 0 saturated heterocycles. The predicted molar refractivity (Wildman–Crippen MR) is 93.2 cm³/mol. The molecule has 0 amide bonds. The SMILES string of the molecule is CC(C)(C)S(=O)(=O)Cc1ccc(C(=O)Cc2c(F)cc(F)cc2F)cc1. The fourth-order valence-corrected chi connectivity index (χ4v) is 3.29. The van der Waals surface area contributed by atoms with E-state index in [4.69, 9.17) is 0 Å². The summed E-state index contributed by atoms with van der Waals surface area (Å²) in [4.78, 5) is 12.2. The van der Waals surface area contributed by atoms with Gasteiger partial charge in [-0.1, -0.05) is 24.3 Å². The maximum absolute atomic E-state index is 13.7. The molecule has 0 heterocycles. The molecule has 0 unspecified atom stereocenters. The Morgan fingerprint density at radius 2 is 1.46 bits per heavy atom. The van der Waals surface area contributed by atoms with E-state index in [1.54, 1.807) is 20.8 Å². The number of hydrogen-bond donors (Lipinski definition) is 0. The van der Waals surface area contributed by atoms with Gasteiger partial charge in [0.25, 0.3) is 0 Å². The summed E-state index contributed by atoms with van der Waals surface area (Å²) in [5.41, 5.74) is 0.191. The van der Waals surface area contributed by atoms with Crippen LogP contribution in [0.4, 0.5) is 13.2 Å². The van der Waals surface area contributed by atoms with E-state index < -0.39 is 49.8 Å². The smallest absolute Gasteiger partial charge is 0.167 e. The van der Waals surface area contributed by atoms with Crippen LogP contribution in [0.5, 0.6) is 0 Å². The van der Waals surface area contributed by atoms with Crippen molar-refractivity contribution in [3.05, 3.63) is 70.5 Å².